The highest BCUT2D eigenvalue weighted by molar-refractivity contribution is 7.90. The van der Waals surface area contributed by atoms with Crippen molar-refractivity contribution in [3.05, 3.63) is 60.8 Å². The molecule has 2 aromatic heterocycles. The molecule has 3 heterocycles. The fourth-order valence-corrected chi connectivity index (χ4v) is 4.89. The maximum absolute atomic E-state index is 11.9. The Bertz CT molecular complexity index is 1450. The lowest BCUT2D eigenvalue weighted by Gasteiger charge is -2.22. The van der Waals surface area contributed by atoms with Gasteiger partial charge in [-0.2, -0.15) is 0 Å². The van der Waals surface area contributed by atoms with E-state index in [4.69, 9.17) is 10.7 Å². The van der Waals surface area contributed by atoms with E-state index in [0.29, 0.717) is 25.3 Å². The molecule has 0 spiro atoms. The number of pyridine rings is 1. The van der Waals surface area contributed by atoms with E-state index < -0.39 is 9.84 Å². The van der Waals surface area contributed by atoms with Crippen molar-refractivity contribution in [2.75, 3.05) is 24.2 Å². The van der Waals surface area contributed by atoms with Crippen molar-refractivity contribution in [1.29, 1.82) is 0 Å². The van der Waals surface area contributed by atoms with Crippen molar-refractivity contribution in [2.45, 2.75) is 11.3 Å². The molecule has 1 aliphatic heterocycles. The Morgan fingerprint density at radius 3 is 2.58 bits per heavy atom. The number of carbonyl (C=O) groups excluding carboxylic acids is 1. The molecule has 0 saturated carbocycles. The number of sulfone groups is 1. The van der Waals surface area contributed by atoms with Crippen molar-refractivity contribution in [3.63, 3.8) is 0 Å². The van der Waals surface area contributed by atoms with Gasteiger partial charge in [-0.05, 0) is 48.4 Å². The largest absolute Gasteiger partial charge is 0.370 e. The second kappa shape index (κ2) is 8.00. The highest BCUT2D eigenvalue weighted by Crippen LogP contribution is 2.37. The number of amides is 1. The van der Waals surface area contributed by atoms with Crippen LogP contribution in [0.3, 0.4) is 0 Å². The van der Waals surface area contributed by atoms with Crippen LogP contribution in [0.4, 0.5) is 5.69 Å². The standard InChI is InChI=1S/C24H23N5O3S/c1-33(31,32)17-7-5-15(6-8-17)18-12-20-21(28-24(27-20)19-4-2-3-10-26-19)13-22(18)29-11-9-16(14-29)23(25)30/h2-8,10,12-13,16H,9,11,14H2,1H3,(H2,25,30)(H,27,28). The molecule has 9 heteroatoms. The van der Waals surface area contributed by atoms with Crippen LogP contribution in [0.1, 0.15) is 6.42 Å². The Labute approximate surface area is 191 Å². The summed E-state index contributed by atoms with van der Waals surface area (Å²) in [5.41, 5.74) is 10.6. The maximum atomic E-state index is 11.9. The molecule has 33 heavy (non-hydrogen) atoms. The number of primary amides is 1. The first-order chi connectivity index (χ1) is 15.8. The average Bonchev–Trinajstić information content (AvgIpc) is 3.45. The third-order valence-corrected chi connectivity index (χ3v) is 7.16. The van der Waals surface area contributed by atoms with E-state index in [9.17, 15) is 13.2 Å². The van der Waals surface area contributed by atoms with Gasteiger partial charge in [-0.15, -0.1) is 0 Å². The second-order valence-electron chi connectivity index (χ2n) is 8.32. The summed E-state index contributed by atoms with van der Waals surface area (Å²) in [6, 6.07) is 16.5. The van der Waals surface area contributed by atoms with Gasteiger partial charge in [0.1, 0.15) is 5.69 Å². The van der Waals surface area contributed by atoms with E-state index in [0.717, 1.165) is 33.5 Å². The molecule has 0 aliphatic carbocycles. The molecule has 1 aliphatic rings. The summed E-state index contributed by atoms with van der Waals surface area (Å²) in [6.45, 7) is 1.24. The van der Waals surface area contributed by atoms with E-state index in [1.807, 2.05) is 30.3 Å². The first kappa shape index (κ1) is 21.1. The van der Waals surface area contributed by atoms with Crippen LogP contribution in [0.25, 0.3) is 33.7 Å². The minimum atomic E-state index is -3.29. The summed E-state index contributed by atoms with van der Waals surface area (Å²) in [7, 11) is -3.29. The van der Waals surface area contributed by atoms with Crippen molar-refractivity contribution in [3.8, 4) is 22.6 Å². The predicted molar refractivity (Wildman–Crippen MR) is 127 cm³/mol. The van der Waals surface area contributed by atoms with Gasteiger partial charge in [0, 0.05) is 36.8 Å². The van der Waals surface area contributed by atoms with E-state index >= 15 is 0 Å². The Balaban J connectivity index is 1.64. The zero-order chi connectivity index (χ0) is 23.2. The molecule has 2 aromatic carbocycles. The summed E-state index contributed by atoms with van der Waals surface area (Å²) >= 11 is 0. The Morgan fingerprint density at radius 1 is 1.15 bits per heavy atom. The lowest BCUT2D eigenvalue weighted by atomic mass is 10.0. The molecule has 1 saturated heterocycles. The van der Waals surface area contributed by atoms with Crippen molar-refractivity contribution >= 4 is 32.5 Å². The minimum absolute atomic E-state index is 0.202. The number of anilines is 1. The summed E-state index contributed by atoms with van der Waals surface area (Å²) < 4.78 is 23.8. The molecule has 1 fully saturated rings. The van der Waals surface area contributed by atoms with Crippen LogP contribution in [0.15, 0.2) is 65.7 Å². The maximum Gasteiger partial charge on any atom is 0.222 e. The van der Waals surface area contributed by atoms with E-state index in [1.165, 1.54) is 6.26 Å². The smallest absolute Gasteiger partial charge is 0.222 e. The molecule has 5 rings (SSSR count). The number of hydrogen-bond donors (Lipinski definition) is 2. The second-order valence-corrected chi connectivity index (χ2v) is 10.3. The lowest BCUT2D eigenvalue weighted by Crippen LogP contribution is -2.27. The van der Waals surface area contributed by atoms with Crippen LogP contribution in [0.5, 0.6) is 0 Å². The van der Waals surface area contributed by atoms with Crippen LogP contribution >= 0.6 is 0 Å². The van der Waals surface area contributed by atoms with E-state index in [1.54, 1.807) is 30.5 Å². The molecular formula is C24H23N5O3S. The summed E-state index contributed by atoms with van der Waals surface area (Å²) in [6.07, 6.45) is 3.61. The monoisotopic (exact) mass is 461 g/mol. The van der Waals surface area contributed by atoms with Crippen molar-refractivity contribution in [2.24, 2.45) is 11.7 Å². The fraction of sp³-hybridized carbons (Fsp3) is 0.208. The quantitative estimate of drug-likeness (QED) is 0.471. The van der Waals surface area contributed by atoms with Gasteiger partial charge < -0.3 is 15.6 Å². The number of benzene rings is 2. The van der Waals surface area contributed by atoms with Crippen LogP contribution in [0, 0.1) is 5.92 Å². The van der Waals surface area contributed by atoms with Gasteiger partial charge in [0.05, 0.1) is 21.8 Å². The zero-order valence-corrected chi connectivity index (χ0v) is 18.8. The number of aromatic amines is 1. The molecule has 3 N–H and O–H groups in total. The first-order valence-electron chi connectivity index (χ1n) is 10.6. The summed E-state index contributed by atoms with van der Waals surface area (Å²) in [5.74, 6) is 0.168. The average molecular weight is 462 g/mol. The molecule has 168 valence electrons. The summed E-state index contributed by atoms with van der Waals surface area (Å²) in [4.78, 5) is 26.6. The van der Waals surface area contributed by atoms with Gasteiger partial charge in [-0.25, -0.2) is 13.4 Å². The van der Waals surface area contributed by atoms with Gasteiger partial charge in [-0.3, -0.25) is 9.78 Å². The fourth-order valence-electron chi connectivity index (χ4n) is 4.26. The molecule has 0 radical (unpaired) electrons. The molecule has 4 aromatic rings. The highest BCUT2D eigenvalue weighted by atomic mass is 32.2. The number of imidazole rings is 1. The molecule has 1 atom stereocenters. The zero-order valence-electron chi connectivity index (χ0n) is 18.0. The van der Waals surface area contributed by atoms with Crippen LogP contribution < -0.4 is 10.6 Å². The number of rotatable bonds is 5. The lowest BCUT2D eigenvalue weighted by molar-refractivity contribution is -0.121. The van der Waals surface area contributed by atoms with E-state index in [2.05, 4.69) is 14.9 Å². The predicted octanol–water partition coefficient (Wildman–Crippen LogP) is 3.01. The van der Waals surface area contributed by atoms with Crippen molar-refractivity contribution in [1.82, 2.24) is 15.0 Å². The number of fused-ring (bicyclic) bond motifs is 1. The minimum Gasteiger partial charge on any atom is -0.370 e. The Hall–Kier alpha value is -3.72. The Morgan fingerprint density at radius 2 is 1.94 bits per heavy atom. The van der Waals surface area contributed by atoms with E-state index in [-0.39, 0.29) is 16.7 Å². The number of nitrogens with zero attached hydrogens (tertiary/aromatic N) is 3. The Kier molecular flexibility index (Phi) is 5.13. The third-order valence-electron chi connectivity index (χ3n) is 6.03. The normalized spacial score (nSPS) is 16.4. The van der Waals surface area contributed by atoms with Gasteiger partial charge in [0.2, 0.25) is 5.91 Å². The van der Waals surface area contributed by atoms with Crippen LogP contribution in [-0.2, 0) is 14.6 Å². The number of H-pyrrole nitrogens is 1. The van der Waals surface area contributed by atoms with Crippen LogP contribution in [0.2, 0.25) is 0 Å². The topological polar surface area (TPSA) is 122 Å². The third kappa shape index (κ3) is 4.07. The SMILES string of the molecule is CS(=O)(=O)c1ccc(-c2cc3nc(-c4ccccn4)[nH]c3cc2N2CCC(C(N)=O)C2)cc1. The molecule has 1 amide bonds. The highest BCUT2D eigenvalue weighted by Gasteiger charge is 2.29. The summed E-state index contributed by atoms with van der Waals surface area (Å²) in [5, 5.41) is 0. The van der Waals surface area contributed by atoms with Gasteiger partial charge in [-0.1, -0.05) is 18.2 Å². The first-order valence-corrected chi connectivity index (χ1v) is 12.5. The van der Waals surface area contributed by atoms with Crippen LogP contribution in [-0.4, -0.2) is 48.6 Å². The number of hydrogen-bond acceptors (Lipinski definition) is 6. The number of nitrogens with two attached hydrogens (primary N) is 1. The molecule has 1 unspecified atom stereocenters. The molecule has 8 nitrogen and oxygen atoms in total. The van der Waals surface area contributed by atoms with Gasteiger partial charge in [0.15, 0.2) is 15.7 Å². The van der Waals surface area contributed by atoms with Crippen molar-refractivity contribution < 1.29 is 13.2 Å². The van der Waals surface area contributed by atoms with Gasteiger partial charge >= 0.3 is 0 Å². The molecule has 0 bridgehead atoms. The molecular weight excluding hydrogens is 438 g/mol. The number of aromatic nitrogens is 3. The van der Waals surface area contributed by atoms with Gasteiger partial charge in [0.25, 0.3) is 0 Å². The number of nitrogens with one attached hydrogen (secondary N) is 1. The number of carbonyl (C=O) groups is 1.